The summed E-state index contributed by atoms with van der Waals surface area (Å²) in [5, 5.41) is 13.4. The first-order valence-electron chi connectivity index (χ1n) is 5.01. The Morgan fingerprint density at radius 2 is 2.00 bits per heavy atom. The Labute approximate surface area is 102 Å². The normalized spacial score (nSPS) is 11.4. The molecule has 0 unspecified atom stereocenters. The molecular formula is C10H13BrN4O. The van der Waals surface area contributed by atoms with Gasteiger partial charge < -0.3 is 4.74 Å². The third-order valence-corrected chi connectivity index (χ3v) is 2.95. The van der Waals surface area contributed by atoms with E-state index in [2.05, 4.69) is 45.1 Å². The molecule has 0 aliphatic rings. The molecule has 0 saturated carbocycles. The van der Waals surface area contributed by atoms with E-state index in [-0.39, 0.29) is 6.04 Å². The molecule has 0 spiro atoms. The van der Waals surface area contributed by atoms with Gasteiger partial charge in [0.2, 0.25) is 5.88 Å². The maximum Gasteiger partial charge on any atom is 0.245 e. The Hall–Kier alpha value is -1.17. The molecule has 0 aromatic carbocycles. The molecule has 0 aliphatic carbocycles. The van der Waals surface area contributed by atoms with Crippen molar-refractivity contribution in [3.05, 3.63) is 10.3 Å². The molecule has 16 heavy (non-hydrogen) atoms. The molecule has 0 fully saturated rings. The van der Waals surface area contributed by atoms with Crippen LogP contribution in [0.3, 0.4) is 0 Å². The van der Waals surface area contributed by atoms with Crippen LogP contribution in [0.25, 0.3) is 10.9 Å². The lowest BCUT2D eigenvalue weighted by Crippen LogP contribution is -2.04. The molecule has 2 aromatic rings. The molecule has 0 N–H and O–H groups in total. The van der Waals surface area contributed by atoms with E-state index in [1.807, 2.05) is 11.6 Å². The highest BCUT2D eigenvalue weighted by atomic mass is 79.9. The van der Waals surface area contributed by atoms with Crippen molar-refractivity contribution in [2.24, 2.45) is 0 Å². The quantitative estimate of drug-likeness (QED) is 0.850. The number of methoxy groups -OCH3 is 1. The van der Waals surface area contributed by atoms with Crippen LogP contribution < -0.4 is 4.74 Å². The highest BCUT2D eigenvalue weighted by Crippen LogP contribution is 2.32. The topological polar surface area (TPSA) is 52.8 Å². The van der Waals surface area contributed by atoms with Crippen LogP contribution >= 0.6 is 15.9 Å². The van der Waals surface area contributed by atoms with Crippen LogP contribution in [0.5, 0.6) is 5.88 Å². The summed E-state index contributed by atoms with van der Waals surface area (Å²) in [5.74, 6) is 0.499. The summed E-state index contributed by atoms with van der Waals surface area (Å²) in [5.41, 5.74) is 1.82. The number of aryl methyl sites for hydroxylation is 1. The lowest BCUT2D eigenvalue weighted by atomic mass is 10.3. The van der Waals surface area contributed by atoms with Crippen LogP contribution in [0.2, 0.25) is 0 Å². The second-order valence-corrected chi connectivity index (χ2v) is 4.60. The van der Waals surface area contributed by atoms with E-state index in [0.29, 0.717) is 5.88 Å². The predicted octanol–water partition coefficient (Wildman–Crippen LogP) is 2.49. The van der Waals surface area contributed by atoms with Gasteiger partial charge in [0.05, 0.1) is 18.3 Å². The van der Waals surface area contributed by atoms with Crippen LogP contribution in [0.1, 0.15) is 25.6 Å². The van der Waals surface area contributed by atoms with Gasteiger partial charge in [0.1, 0.15) is 9.99 Å². The molecule has 0 saturated heterocycles. The maximum atomic E-state index is 5.20. The third kappa shape index (κ3) is 1.57. The Balaban J connectivity index is 2.88. The summed E-state index contributed by atoms with van der Waals surface area (Å²) in [7, 11) is 1.58. The second kappa shape index (κ2) is 4.01. The fourth-order valence-corrected chi connectivity index (χ4v) is 2.21. The lowest BCUT2D eigenvalue weighted by molar-refractivity contribution is 0.397. The molecule has 5 nitrogen and oxygen atoms in total. The smallest absolute Gasteiger partial charge is 0.245 e. The van der Waals surface area contributed by atoms with Crippen LogP contribution in [0.4, 0.5) is 0 Å². The van der Waals surface area contributed by atoms with Gasteiger partial charge in [0.15, 0.2) is 0 Å². The van der Waals surface area contributed by atoms with E-state index in [9.17, 15) is 0 Å². The van der Waals surface area contributed by atoms with Crippen molar-refractivity contribution in [1.82, 2.24) is 20.0 Å². The van der Waals surface area contributed by atoms with Gasteiger partial charge >= 0.3 is 0 Å². The summed E-state index contributed by atoms with van der Waals surface area (Å²) in [6.07, 6.45) is 0. The number of aromatic nitrogens is 4. The number of hydrogen-bond donors (Lipinski definition) is 0. The van der Waals surface area contributed by atoms with E-state index in [0.717, 1.165) is 21.2 Å². The molecule has 2 heterocycles. The van der Waals surface area contributed by atoms with E-state index in [4.69, 9.17) is 4.74 Å². The molecule has 2 aromatic heterocycles. The molecule has 0 radical (unpaired) electrons. The minimum atomic E-state index is 0.265. The Morgan fingerprint density at radius 3 is 2.56 bits per heavy atom. The number of fused-ring (bicyclic) bond motifs is 1. The van der Waals surface area contributed by atoms with Gasteiger partial charge in [-0.25, -0.2) is 0 Å². The van der Waals surface area contributed by atoms with Crippen molar-refractivity contribution in [1.29, 1.82) is 0 Å². The maximum absolute atomic E-state index is 5.20. The average Bonchev–Trinajstić information content (AvgIpc) is 2.59. The van der Waals surface area contributed by atoms with Crippen LogP contribution in [-0.2, 0) is 0 Å². The number of ether oxygens (including phenoxy) is 1. The average molecular weight is 285 g/mol. The molecule has 0 atom stereocenters. The standard InChI is InChI=1S/C10H13BrN4O/c1-5(2)15-8-6(3)12-13-10(16-4)7(8)9(11)14-15/h5H,1-4H3. The van der Waals surface area contributed by atoms with Crippen molar-refractivity contribution < 1.29 is 4.74 Å². The van der Waals surface area contributed by atoms with Gasteiger partial charge in [-0.05, 0) is 36.7 Å². The van der Waals surface area contributed by atoms with E-state index in [1.54, 1.807) is 7.11 Å². The van der Waals surface area contributed by atoms with Crippen molar-refractivity contribution >= 4 is 26.8 Å². The SMILES string of the molecule is COc1nnc(C)c2c1c(Br)nn2C(C)C. The number of rotatable bonds is 2. The minimum Gasteiger partial charge on any atom is -0.479 e. The molecule has 86 valence electrons. The van der Waals surface area contributed by atoms with Crippen LogP contribution in [0.15, 0.2) is 4.60 Å². The lowest BCUT2D eigenvalue weighted by Gasteiger charge is -2.08. The third-order valence-electron chi connectivity index (χ3n) is 2.40. The molecule has 6 heteroatoms. The Morgan fingerprint density at radius 1 is 1.31 bits per heavy atom. The van der Waals surface area contributed by atoms with Crippen molar-refractivity contribution in [2.45, 2.75) is 26.8 Å². The molecule has 0 aliphatic heterocycles. The number of hydrogen-bond acceptors (Lipinski definition) is 4. The highest BCUT2D eigenvalue weighted by molar-refractivity contribution is 9.10. The van der Waals surface area contributed by atoms with E-state index in [1.165, 1.54) is 0 Å². The zero-order valence-corrected chi connectivity index (χ0v) is 11.2. The van der Waals surface area contributed by atoms with Crippen molar-refractivity contribution in [3.8, 4) is 5.88 Å². The van der Waals surface area contributed by atoms with Gasteiger partial charge in [-0.2, -0.15) is 5.10 Å². The number of nitrogens with zero attached hydrogens (tertiary/aromatic N) is 4. The van der Waals surface area contributed by atoms with Crippen molar-refractivity contribution in [2.75, 3.05) is 7.11 Å². The van der Waals surface area contributed by atoms with Crippen molar-refractivity contribution in [3.63, 3.8) is 0 Å². The number of halogens is 1. The summed E-state index contributed by atoms with van der Waals surface area (Å²) >= 11 is 3.43. The van der Waals surface area contributed by atoms with E-state index >= 15 is 0 Å². The summed E-state index contributed by atoms with van der Waals surface area (Å²) in [6, 6.07) is 0.265. The summed E-state index contributed by atoms with van der Waals surface area (Å²) in [4.78, 5) is 0. The fraction of sp³-hybridized carbons (Fsp3) is 0.500. The Bertz CT molecular complexity index is 535. The van der Waals surface area contributed by atoms with Gasteiger partial charge in [-0.3, -0.25) is 4.68 Å². The highest BCUT2D eigenvalue weighted by Gasteiger charge is 2.18. The predicted molar refractivity (Wildman–Crippen MR) is 64.7 cm³/mol. The zero-order valence-electron chi connectivity index (χ0n) is 9.65. The zero-order chi connectivity index (χ0) is 11.9. The second-order valence-electron chi connectivity index (χ2n) is 3.85. The van der Waals surface area contributed by atoms with Crippen LogP contribution in [-0.4, -0.2) is 27.1 Å². The Kier molecular flexibility index (Phi) is 2.84. The first kappa shape index (κ1) is 11.3. The van der Waals surface area contributed by atoms with E-state index < -0.39 is 0 Å². The summed E-state index contributed by atoms with van der Waals surface area (Å²) in [6.45, 7) is 6.07. The van der Waals surface area contributed by atoms with Gasteiger partial charge in [-0.1, -0.05) is 0 Å². The fourth-order valence-electron chi connectivity index (χ4n) is 1.68. The minimum absolute atomic E-state index is 0.265. The first-order valence-corrected chi connectivity index (χ1v) is 5.80. The molecule has 0 amide bonds. The first-order chi connectivity index (χ1) is 7.56. The molecular weight excluding hydrogens is 272 g/mol. The summed E-state index contributed by atoms with van der Waals surface area (Å²) < 4.78 is 7.86. The molecule has 0 bridgehead atoms. The monoisotopic (exact) mass is 284 g/mol. The van der Waals surface area contributed by atoms with Gasteiger partial charge in [0, 0.05) is 6.04 Å². The van der Waals surface area contributed by atoms with Crippen LogP contribution in [0, 0.1) is 6.92 Å². The largest absolute Gasteiger partial charge is 0.479 e. The molecule has 2 rings (SSSR count). The van der Waals surface area contributed by atoms with Gasteiger partial charge in [-0.15, -0.1) is 10.2 Å². The van der Waals surface area contributed by atoms with Gasteiger partial charge in [0.25, 0.3) is 0 Å².